The molecule has 3 atom stereocenters. The summed E-state index contributed by atoms with van der Waals surface area (Å²) in [6.07, 6.45) is 5.27. The number of carbonyl (C=O) groups is 1. The Labute approximate surface area is 151 Å². The summed E-state index contributed by atoms with van der Waals surface area (Å²) in [7, 11) is 2.99. The molecular weight excluding hydrogens is 338 g/mol. The molecule has 8 nitrogen and oxygen atoms in total. The number of carbonyl (C=O) groups excluding carboxylic acids is 1. The molecule has 0 radical (unpaired) electrons. The first-order chi connectivity index (χ1) is 12.4. The van der Waals surface area contributed by atoms with Gasteiger partial charge < -0.3 is 19.5 Å². The van der Waals surface area contributed by atoms with Crippen molar-refractivity contribution in [3.8, 4) is 5.88 Å². The van der Waals surface area contributed by atoms with Crippen LogP contribution in [0.15, 0.2) is 22.9 Å². The fraction of sp³-hybridized carbons (Fsp3) is 0.500. The van der Waals surface area contributed by atoms with Crippen LogP contribution in [0.1, 0.15) is 44.6 Å². The first-order valence-electron chi connectivity index (χ1n) is 8.52. The van der Waals surface area contributed by atoms with Crippen molar-refractivity contribution in [2.24, 2.45) is 5.92 Å². The highest BCUT2D eigenvalue weighted by atomic mass is 16.5. The van der Waals surface area contributed by atoms with Crippen molar-refractivity contribution >= 4 is 12.0 Å². The van der Waals surface area contributed by atoms with Crippen LogP contribution in [0, 0.1) is 5.92 Å². The van der Waals surface area contributed by atoms with E-state index in [4.69, 9.17) is 14.2 Å². The van der Waals surface area contributed by atoms with E-state index in [0.29, 0.717) is 18.0 Å². The molecule has 0 fully saturated rings. The van der Waals surface area contributed by atoms with Gasteiger partial charge in [-0.25, -0.2) is 0 Å². The normalized spacial score (nSPS) is 25.2. The van der Waals surface area contributed by atoms with Gasteiger partial charge in [0.2, 0.25) is 17.5 Å². The number of ether oxygens (including phenoxy) is 3. The zero-order valence-corrected chi connectivity index (χ0v) is 15.5. The Balaban J connectivity index is 2.35. The molecular formula is C18H23N3O5. The standard InChI is InChI=1S/C18H23N3O5/c1-6-10(2)18(25-5)17-19-15-13(9-12(24-4)7-8-26-15)16(23)21(17)11(3)14(22)20-18/h7-11H,6H2,1-5H3,(H,20,22)/t10?,11-,18+/m1/s1. The Hall–Kier alpha value is -2.61. The van der Waals surface area contributed by atoms with Crippen LogP contribution in [0.25, 0.3) is 6.08 Å². The van der Waals surface area contributed by atoms with Crippen LogP contribution in [-0.2, 0) is 20.0 Å². The van der Waals surface area contributed by atoms with Gasteiger partial charge in [-0.3, -0.25) is 14.2 Å². The highest BCUT2D eigenvalue weighted by molar-refractivity contribution is 5.82. The predicted octanol–water partition coefficient (Wildman–Crippen LogP) is 1.67. The molecule has 0 aliphatic carbocycles. The molecule has 0 saturated carbocycles. The first-order valence-corrected chi connectivity index (χ1v) is 8.52. The minimum absolute atomic E-state index is 0.119. The third-order valence-electron chi connectivity index (χ3n) is 5.09. The summed E-state index contributed by atoms with van der Waals surface area (Å²) in [6, 6.07) is -0.724. The lowest BCUT2D eigenvalue weighted by Gasteiger charge is -2.43. The second kappa shape index (κ2) is 6.60. The summed E-state index contributed by atoms with van der Waals surface area (Å²) in [4.78, 5) is 30.4. The lowest BCUT2D eigenvalue weighted by atomic mass is 9.90. The number of methoxy groups -OCH3 is 2. The minimum atomic E-state index is -1.21. The van der Waals surface area contributed by atoms with Gasteiger partial charge in [0.15, 0.2) is 5.82 Å². The average molecular weight is 361 g/mol. The third-order valence-corrected chi connectivity index (χ3v) is 5.09. The topological polar surface area (TPSA) is 91.7 Å². The van der Waals surface area contributed by atoms with Gasteiger partial charge in [0, 0.05) is 19.1 Å². The summed E-state index contributed by atoms with van der Waals surface area (Å²) in [5.74, 6) is 0.514. The van der Waals surface area contributed by atoms with E-state index in [0.717, 1.165) is 0 Å². The fourth-order valence-electron chi connectivity index (χ4n) is 3.28. The lowest BCUT2D eigenvalue weighted by Crippen LogP contribution is -2.61. The molecule has 26 heavy (non-hydrogen) atoms. The Kier molecular flexibility index (Phi) is 4.62. The van der Waals surface area contributed by atoms with Crippen molar-refractivity contribution in [1.82, 2.24) is 14.9 Å². The van der Waals surface area contributed by atoms with Gasteiger partial charge in [0.05, 0.1) is 13.4 Å². The van der Waals surface area contributed by atoms with Gasteiger partial charge in [0.25, 0.3) is 5.56 Å². The first kappa shape index (κ1) is 18.2. The number of allylic oxidation sites excluding steroid dienone is 1. The maximum Gasteiger partial charge on any atom is 0.265 e. The van der Waals surface area contributed by atoms with Crippen LogP contribution in [0.3, 0.4) is 0 Å². The van der Waals surface area contributed by atoms with Crippen LogP contribution in [-0.4, -0.2) is 29.7 Å². The Morgan fingerprint density at radius 2 is 2.15 bits per heavy atom. The molecule has 2 aliphatic rings. The van der Waals surface area contributed by atoms with E-state index in [-0.39, 0.29) is 28.8 Å². The molecule has 0 aromatic carbocycles. The quantitative estimate of drug-likeness (QED) is 0.877. The van der Waals surface area contributed by atoms with Crippen LogP contribution in [0.2, 0.25) is 0 Å². The van der Waals surface area contributed by atoms with Crippen molar-refractivity contribution < 1.29 is 19.0 Å². The molecule has 3 heterocycles. The summed E-state index contributed by atoms with van der Waals surface area (Å²) in [5, 5.41) is 2.91. The molecule has 1 amide bonds. The molecule has 140 valence electrons. The van der Waals surface area contributed by atoms with Crippen LogP contribution in [0.4, 0.5) is 0 Å². The maximum atomic E-state index is 13.2. The van der Waals surface area contributed by atoms with Gasteiger partial charge in [-0.15, -0.1) is 0 Å². The van der Waals surface area contributed by atoms with E-state index in [1.807, 2.05) is 13.8 Å². The highest BCUT2D eigenvalue weighted by Crippen LogP contribution is 2.37. The molecule has 1 N–H and O–H groups in total. The molecule has 3 rings (SSSR count). The number of hydrogen-bond donors (Lipinski definition) is 1. The predicted molar refractivity (Wildman–Crippen MR) is 94.2 cm³/mol. The van der Waals surface area contributed by atoms with Crippen molar-refractivity contribution in [2.45, 2.75) is 39.0 Å². The molecule has 1 unspecified atom stereocenters. The maximum absolute atomic E-state index is 13.2. The van der Waals surface area contributed by atoms with Crippen molar-refractivity contribution in [3.63, 3.8) is 0 Å². The smallest absolute Gasteiger partial charge is 0.265 e. The molecule has 8 heteroatoms. The lowest BCUT2D eigenvalue weighted by molar-refractivity contribution is -0.152. The number of rotatable bonds is 4. The van der Waals surface area contributed by atoms with Crippen LogP contribution < -0.4 is 15.6 Å². The molecule has 0 spiro atoms. The van der Waals surface area contributed by atoms with E-state index < -0.39 is 11.8 Å². The van der Waals surface area contributed by atoms with E-state index in [1.54, 1.807) is 19.1 Å². The van der Waals surface area contributed by atoms with Crippen LogP contribution in [0.5, 0.6) is 5.88 Å². The number of nitrogens with zero attached hydrogens (tertiary/aromatic N) is 2. The second-order valence-corrected chi connectivity index (χ2v) is 6.42. The highest BCUT2D eigenvalue weighted by Gasteiger charge is 2.49. The molecule has 1 aromatic heterocycles. The van der Waals surface area contributed by atoms with E-state index >= 15 is 0 Å². The largest absolute Gasteiger partial charge is 0.497 e. The van der Waals surface area contributed by atoms with E-state index in [1.165, 1.54) is 25.0 Å². The Bertz CT molecular complexity index is 857. The molecule has 0 bridgehead atoms. The number of hydrogen-bond acceptors (Lipinski definition) is 6. The van der Waals surface area contributed by atoms with Crippen molar-refractivity contribution in [1.29, 1.82) is 0 Å². The van der Waals surface area contributed by atoms with Crippen molar-refractivity contribution in [2.75, 3.05) is 14.2 Å². The van der Waals surface area contributed by atoms with Gasteiger partial charge in [-0.2, -0.15) is 4.98 Å². The summed E-state index contributed by atoms with van der Waals surface area (Å²) in [6.45, 7) is 5.57. The van der Waals surface area contributed by atoms with Crippen molar-refractivity contribution in [3.05, 3.63) is 39.8 Å². The minimum Gasteiger partial charge on any atom is -0.497 e. The monoisotopic (exact) mass is 361 g/mol. The number of nitrogens with one attached hydrogen (secondary N) is 1. The van der Waals surface area contributed by atoms with E-state index in [9.17, 15) is 9.59 Å². The molecule has 2 aliphatic heterocycles. The SMILES string of the molecule is CCC(C)[C@@]1(OC)NC(=O)[C@@H](C)n2c1nc1c(c2=O)C=C(OC)C=CO1. The third kappa shape index (κ3) is 2.52. The Morgan fingerprint density at radius 3 is 2.77 bits per heavy atom. The summed E-state index contributed by atoms with van der Waals surface area (Å²) < 4.78 is 17.9. The van der Waals surface area contributed by atoms with E-state index in [2.05, 4.69) is 10.3 Å². The van der Waals surface area contributed by atoms with Crippen LogP contribution >= 0.6 is 0 Å². The van der Waals surface area contributed by atoms with Gasteiger partial charge in [-0.1, -0.05) is 13.8 Å². The molecule has 1 aromatic rings. The second-order valence-electron chi connectivity index (χ2n) is 6.42. The van der Waals surface area contributed by atoms with Gasteiger partial charge in [0.1, 0.15) is 17.4 Å². The number of amides is 1. The zero-order valence-electron chi connectivity index (χ0n) is 15.5. The fourth-order valence-corrected chi connectivity index (χ4v) is 3.28. The number of fused-ring (bicyclic) bond motifs is 2. The number of aromatic nitrogens is 2. The summed E-state index contributed by atoms with van der Waals surface area (Å²) >= 11 is 0. The zero-order chi connectivity index (χ0) is 19.1. The van der Waals surface area contributed by atoms with Gasteiger partial charge >= 0.3 is 0 Å². The Morgan fingerprint density at radius 1 is 1.42 bits per heavy atom. The van der Waals surface area contributed by atoms with Gasteiger partial charge in [-0.05, 0) is 19.4 Å². The summed E-state index contributed by atoms with van der Waals surface area (Å²) in [5.41, 5.74) is -1.36. The average Bonchev–Trinajstić information content (AvgIpc) is 2.86. The molecule has 0 saturated heterocycles.